The van der Waals surface area contributed by atoms with Crippen molar-refractivity contribution in [3.05, 3.63) is 0 Å². The van der Waals surface area contributed by atoms with Gasteiger partial charge in [0, 0.05) is 6.54 Å². The maximum absolute atomic E-state index is 12.0. The smallest absolute Gasteiger partial charge is 0.326 e. The molecule has 3 N–H and O–H groups in total. The van der Waals surface area contributed by atoms with Crippen molar-refractivity contribution in [2.75, 3.05) is 19.7 Å². The lowest BCUT2D eigenvalue weighted by atomic mass is 10.1. The van der Waals surface area contributed by atoms with Gasteiger partial charge in [0.15, 0.2) is 0 Å². The summed E-state index contributed by atoms with van der Waals surface area (Å²) in [4.78, 5) is 24.6. The van der Waals surface area contributed by atoms with Crippen LogP contribution >= 0.6 is 0 Å². The van der Waals surface area contributed by atoms with E-state index in [9.17, 15) is 9.59 Å². The first kappa shape index (κ1) is 15.7. The van der Waals surface area contributed by atoms with Crippen molar-refractivity contribution in [3.8, 4) is 0 Å². The van der Waals surface area contributed by atoms with Gasteiger partial charge in [-0.25, -0.2) is 9.59 Å². The molecule has 7 nitrogen and oxygen atoms in total. The topological polar surface area (TPSA) is 99.1 Å². The Balaban J connectivity index is 2.63. The molecule has 0 aromatic heterocycles. The van der Waals surface area contributed by atoms with Gasteiger partial charge in [-0.3, -0.25) is 0 Å². The lowest BCUT2D eigenvalue weighted by Crippen LogP contribution is -2.56. The van der Waals surface area contributed by atoms with Gasteiger partial charge in [0.1, 0.15) is 6.04 Å². The molecule has 1 heterocycles. The van der Waals surface area contributed by atoms with E-state index < -0.39 is 24.1 Å². The van der Waals surface area contributed by atoms with E-state index in [1.165, 1.54) is 4.90 Å². The first-order chi connectivity index (χ1) is 8.85. The third-order valence-electron chi connectivity index (χ3n) is 3.03. The van der Waals surface area contributed by atoms with Crippen LogP contribution in [-0.2, 0) is 9.53 Å². The fraction of sp³-hybridized carbons (Fsp3) is 0.833. The highest BCUT2D eigenvalue weighted by Gasteiger charge is 2.31. The number of urea groups is 1. The fourth-order valence-corrected chi connectivity index (χ4v) is 2.05. The predicted octanol–water partition coefficient (Wildman–Crippen LogP) is -0.113. The van der Waals surface area contributed by atoms with Gasteiger partial charge >= 0.3 is 12.0 Å². The summed E-state index contributed by atoms with van der Waals surface area (Å²) >= 11 is 0. The normalized spacial score (nSPS) is 25.2. The van der Waals surface area contributed by atoms with Crippen molar-refractivity contribution in [1.29, 1.82) is 0 Å². The Kier molecular flexibility index (Phi) is 5.56. The van der Waals surface area contributed by atoms with Gasteiger partial charge in [0.05, 0.1) is 25.4 Å². The van der Waals surface area contributed by atoms with Crippen LogP contribution in [0.4, 0.5) is 4.79 Å². The number of hydrogen-bond acceptors (Lipinski definition) is 4. The largest absolute Gasteiger partial charge is 0.480 e. The molecule has 1 aliphatic rings. The maximum atomic E-state index is 12.0. The minimum absolute atomic E-state index is 0.166. The van der Waals surface area contributed by atoms with Crippen molar-refractivity contribution in [3.63, 3.8) is 0 Å². The Morgan fingerprint density at radius 3 is 2.53 bits per heavy atom. The number of aliphatic hydroxyl groups excluding tert-OH is 1. The first-order valence-electron chi connectivity index (χ1n) is 6.39. The number of aliphatic carboxylic acids is 1. The van der Waals surface area contributed by atoms with Gasteiger partial charge in [0.25, 0.3) is 0 Å². The van der Waals surface area contributed by atoms with E-state index in [2.05, 4.69) is 5.32 Å². The number of hydrogen-bond donors (Lipinski definition) is 3. The molecule has 7 heteroatoms. The van der Waals surface area contributed by atoms with Crippen molar-refractivity contribution < 1.29 is 24.5 Å². The van der Waals surface area contributed by atoms with E-state index in [0.717, 1.165) is 0 Å². The number of carboxylic acid groups (broad SMARTS) is 1. The number of nitrogens with one attached hydrogen (secondary N) is 1. The van der Waals surface area contributed by atoms with Crippen LogP contribution in [0.3, 0.4) is 0 Å². The molecule has 2 amide bonds. The zero-order valence-corrected chi connectivity index (χ0v) is 11.5. The van der Waals surface area contributed by atoms with Gasteiger partial charge in [-0.05, 0) is 12.8 Å². The standard InChI is InChI=1S/C12H22N2O5/c1-7(2)10(11(16)17)13-12(18)14-4-8(3)19-9(5-14)6-15/h7-10,15H,4-6H2,1-3H3,(H,13,18)(H,16,17)/t8?,9?,10-/m1/s1. The molecule has 0 aromatic carbocycles. The number of aliphatic hydroxyl groups is 1. The zero-order valence-electron chi connectivity index (χ0n) is 11.5. The third kappa shape index (κ3) is 4.36. The van der Waals surface area contributed by atoms with Crippen LogP contribution < -0.4 is 5.32 Å². The highest BCUT2D eigenvalue weighted by molar-refractivity contribution is 5.82. The van der Waals surface area contributed by atoms with E-state index in [0.29, 0.717) is 6.54 Å². The minimum atomic E-state index is -1.05. The van der Waals surface area contributed by atoms with Crippen LogP contribution in [0.1, 0.15) is 20.8 Å². The average Bonchev–Trinajstić information content (AvgIpc) is 2.33. The van der Waals surface area contributed by atoms with Crippen molar-refractivity contribution in [2.45, 2.75) is 39.0 Å². The van der Waals surface area contributed by atoms with E-state index in [-0.39, 0.29) is 25.2 Å². The number of carbonyl (C=O) groups is 2. The van der Waals surface area contributed by atoms with E-state index in [1.807, 2.05) is 0 Å². The quantitative estimate of drug-likeness (QED) is 0.664. The number of morpholine rings is 1. The minimum Gasteiger partial charge on any atom is -0.480 e. The third-order valence-corrected chi connectivity index (χ3v) is 3.03. The van der Waals surface area contributed by atoms with Gasteiger partial charge in [-0.1, -0.05) is 13.8 Å². The van der Waals surface area contributed by atoms with E-state index in [4.69, 9.17) is 14.9 Å². The molecular formula is C12H22N2O5. The summed E-state index contributed by atoms with van der Waals surface area (Å²) < 4.78 is 5.43. The average molecular weight is 274 g/mol. The Morgan fingerprint density at radius 1 is 1.42 bits per heavy atom. The summed E-state index contributed by atoms with van der Waals surface area (Å²) in [7, 11) is 0. The van der Waals surface area contributed by atoms with Gasteiger partial charge in [0.2, 0.25) is 0 Å². The molecule has 19 heavy (non-hydrogen) atoms. The van der Waals surface area contributed by atoms with Crippen LogP contribution in [0.2, 0.25) is 0 Å². The first-order valence-corrected chi connectivity index (χ1v) is 6.39. The lowest BCUT2D eigenvalue weighted by Gasteiger charge is -2.36. The molecule has 110 valence electrons. The molecule has 3 atom stereocenters. The summed E-state index contributed by atoms with van der Waals surface area (Å²) in [6.07, 6.45) is -0.601. The van der Waals surface area contributed by atoms with Crippen LogP contribution in [0, 0.1) is 5.92 Å². The molecule has 0 bridgehead atoms. The van der Waals surface area contributed by atoms with Crippen molar-refractivity contribution in [1.82, 2.24) is 10.2 Å². The molecule has 1 saturated heterocycles. The maximum Gasteiger partial charge on any atom is 0.326 e. The SMILES string of the molecule is CC1CN(C(=O)N[C@@H](C(=O)O)C(C)C)CC(CO)O1. The second kappa shape index (κ2) is 6.72. The molecule has 0 spiro atoms. The molecule has 0 aromatic rings. The van der Waals surface area contributed by atoms with Gasteiger partial charge < -0.3 is 25.2 Å². The number of rotatable bonds is 4. The Bertz CT molecular complexity index is 334. The molecule has 0 saturated carbocycles. The van der Waals surface area contributed by atoms with Gasteiger partial charge in [-0.2, -0.15) is 0 Å². The summed E-state index contributed by atoms with van der Waals surface area (Å²) in [5, 5.41) is 20.6. The number of carbonyl (C=O) groups excluding carboxylic acids is 1. The molecule has 2 unspecified atom stereocenters. The van der Waals surface area contributed by atoms with E-state index >= 15 is 0 Å². The second-order valence-corrected chi connectivity index (χ2v) is 5.17. The molecule has 0 aliphatic carbocycles. The van der Waals surface area contributed by atoms with Crippen LogP contribution in [-0.4, -0.2) is 65.1 Å². The van der Waals surface area contributed by atoms with Crippen molar-refractivity contribution >= 4 is 12.0 Å². The van der Waals surface area contributed by atoms with Crippen LogP contribution in [0.15, 0.2) is 0 Å². The predicted molar refractivity (Wildman–Crippen MR) is 67.8 cm³/mol. The summed E-state index contributed by atoms with van der Waals surface area (Å²) in [6.45, 7) is 5.75. The zero-order chi connectivity index (χ0) is 14.6. The summed E-state index contributed by atoms with van der Waals surface area (Å²) in [5.74, 6) is -1.25. The molecule has 1 rings (SSSR count). The van der Waals surface area contributed by atoms with E-state index in [1.54, 1.807) is 20.8 Å². The Hall–Kier alpha value is -1.34. The second-order valence-electron chi connectivity index (χ2n) is 5.17. The fourth-order valence-electron chi connectivity index (χ4n) is 2.05. The highest BCUT2D eigenvalue weighted by atomic mass is 16.5. The number of carboxylic acids is 1. The lowest BCUT2D eigenvalue weighted by molar-refractivity contribution is -0.140. The molecule has 1 fully saturated rings. The summed E-state index contributed by atoms with van der Waals surface area (Å²) in [6, 6.07) is -1.35. The Morgan fingerprint density at radius 2 is 2.05 bits per heavy atom. The number of nitrogens with zero attached hydrogens (tertiary/aromatic N) is 1. The molecular weight excluding hydrogens is 252 g/mol. The monoisotopic (exact) mass is 274 g/mol. The Labute approximate surface area is 112 Å². The number of amides is 2. The summed E-state index contributed by atoms with van der Waals surface area (Å²) in [5.41, 5.74) is 0. The molecule has 0 radical (unpaired) electrons. The van der Waals surface area contributed by atoms with Crippen LogP contribution in [0.5, 0.6) is 0 Å². The number of ether oxygens (including phenoxy) is 1. The van der Waals surface area contributed by atoms with Gasteiger partial charge in [-0.15, -0.1) is 0 Å². The van der Waals surface area contributed by atoms with Crippen LogP contribution in [0.25, 0.3) is 0 Å². The highest BCUT2D eigenvalue weighted by Crippen LogP contribution is 2.12. The van der Waals surface area contributed by atoms with Crippen molar-refractivity contribution in [2.24, 2.45) is 5.92 Å². The molecule has 1 aliphatic heterocycles.